The highest BCUT2D eigenvalue weighted by Gasteiger charge is 2.41. The summed E-state index contributed by atoms with van der Waals surface area (Å²) in [6, 6.07) is 2.69. The number of hydrogen-bond donors (Lipinski definition) is 4. The maximum absolute atomic E-state index is 13.4. The number of carbonyl (C=O) groups is 2. The van der Waals surface area contributed by atoms with Gasteiger partial charge < -0.3 is 39.7 Å². The van der Waals surface area contributed by atoms with E-state index in [1.807, 2.05) is 6.92 Å². The monoisotopic (exact) mass is 646 g/mol. The van der Waals surface area contributed by atoms with Gasteiger partial charge in [-0.05, 0) is 65.6 Å². The van der Waals surface area contributed by atoms with Gasteiger partial charge in [-0.15, -0.1) is 0 Å². The zero-order chi connectivity index (χ0) is 27.7. The zero-order valence-electron chi connectivity index (χ0n) is 22.0. The highest BCUT2D eigenvalue weighted by Crippen LogP contribution is 2.37. The van der Waals surface area contributed by atoms with Crippen LogP contribution in [0, 0.1) is 3.57 Å². The second-order valence-electron chi connectivity index (χ2n) is 9.57. The van der Waals surface area contributed by atoms with E-state index < -0.39 is 18.2 Å². The van der Waals surface area contributed by atoms with E-state index >= 15 is 0 Å². The number of nitrogens with one attached hydrogen (secondary N) is 1. The van der Waals surface area contributed by atoms with Crippen LogP contribution in [-0.2, 0) is 20.9 Å². The molecule has 1 aliphatic carbocycles. The lowest BCUT2D eigenvalue weighted by Crippen LogP contribution is -2.56. The molecule has 1 aromatic carbocycles. The number of aliphatic hydroxyl groups is 3. The third-order valence-corrected chi connectivity index (χ3v) is 7.63. The fraction of sp³-hybridized carbons (Fsp3) is 0.630. The molecule has 2 amide bonds. The molecule has 0 unspecified atom stereocenters. The van der Waals surface area contributed by atoms with E-state index in [0.29, 0.717) is 45.8 Å². The van der Waals surface area contributed by atoms with Crippen molar-refractivity contribution >= 4 is 34.4 Å². The van der Waals surface area contributed by atoms with E-state index in [1.54, 1.807) is 23.1 Å². The molecule has 0 saturated carbocycles. The van der Waals surface area contributed by atoms with Gasteiger partial charge in [-0.25, -0.2) is 0 Å². The van der Waals surface area contributed by atoms with E-state index in [4.69, 9.17) is 14.2 Å². The summed E-state index contributed by atoms with van der Waals surface area (Å²) in [6.07, 6.45) is 3.14. The first-order valence-corrected chi connectivity index (χ1v) is 14.2. The highest BCUT2D eigenvalue weighted by atomic mass is 127. The van der Waals surface area contributed by atoms with E-state index in [-0.39, 0.29) is 44.1 Å². The van der Waals surface area contributed by atoms with Gasteiger partial charge in [0.15, 0.2) is 11.5 Å². The smallest absolute Gasteiger partial charge is 0.247 e. The molecule has 0 radical (unpaired) electrons. The predicted molar refractivity (Wildman–Crippen MR) is 149 cm³/mol. The summed E-state index contributed by atoms with van der Waals surface area (Å²) < 4.78 is 18.2. The molecule has 0 spiro atoms. The molecule has 212 valence electrons. The van der Waals surface area contributed by atoms with Gasteiger partial charge in [0.05, 0.1) is 36.0 Å². The third kappa shape index (κ3) is 7.81. The number of ether oxygens (including phenoxy) is 3. The molecule has 3 rings (SSSR count). The SMILES string of the molecule is CCCCC(=O)N(C[C@@H]1CCCO1)[C@@H]1CC(C(=O)NCCO)=C[C@H](Oc2c(I)cc(CO)cc2OC)[C@H]1O. The molecule has 11 heteroatoms. The van der Waals surface area contributed by atoms with Crippen molar-refractivity contribution in [3.05, 3.63) is 32.9 Å². The molecule has 4 atom stereocenters. The van der Waals surface area contributed by atoms with E-state index in [9.17, 15) is 24.9 Å². The normalized spacial score (nSPS) is 23.1. The average molecular weight is 647 g/mol. The van der Waals surface area contributed by atoms with Crippen molar-refractivity contribution in [3.8, 4) is 11.5 Å². The van der Waals surface area contributed by atoms with Crippen LogP contribution in [0.4, 0.5) is 0 Å². The Labute approximate surface area is 237 Å². The van der Waals surface area contributed by atoms with Gasteiger partial charge in [-0.3, -0.25) is 9.59 Å². The number of methoxy groups -OCH3 is 1. The largest absolute Gasteiger partial charge is 0.493 e. The number of halogens is 1. The third-order valence-electron chi connectivity index (χ3n) is 6.83. The number of nitrogens with zero attached hydrogens (tertiary/aromatic N) is 1. The van der Waals surface area contributed by atoms with Crippen LogP contribution in [0.1, 0.15) is 51.0 Å². The van der Waals surface area contributed by atoms with E-state index in [1.165, 1.54) is 7.11 Å². The summed E-state index contributed by atoms with van der Waals surface area (Å²) in [4.78, 5) is 28.0. The number of rotatable bonds is 13. The van der Waals surface area contributed by atoms with Crippen molar-refractivity contribution in [1.82, 2.24) is 10.2 Å². The minimum atomic E-state index is -1.13. The Kier molecular flexibility index (Phi) is 12.1. The van der Waals surface area contributed by atoms with Crippen LogP contribution in [0.15, 0.2) is 23.8 Å². The van der Waals surface area contributed by atoms with Crippen molar-refractivity contribution < 1.29 is 39.1 Å². The molecule has 38 heavy (non-hydrogen) atoms. The molecule has 4 N–H and O–H groups in total. The maximum atomic E-state index is 13.4. The van der Waals surface area contributed by atoms with Gasteiger partial charge in [0.1, 0.15) is 12.2 Å². The molecule has 10 nitrogen and oxygen atoms in total. The Balaban J connectivity index is 1.97. The van der Waals surface area contributed by atoms with Gasteiger partial charge in [-0.1, -0.05) is 13.3 Å². The van der Waals surface area contributed by atoms with Crippen molar-refractivity contribution in [2.45, 2.75) is 76.4 Å². The van der Waals surface area contributed by atoms with E-state index in [0.717, 1.165) is 25.7 Å². The van der Waals surface area contributed by atoms with Crippen LogP contribution in [0.2, 0.25) is 0 Å². The molecule has 0 bridgehead atoms. The summed E-state index contributed by atoms with van der Waals surface area (Å²) in [5.74, 6) is 0.260. The predicted octanol–water partition coefficient (Wildman–Crippen LogP) is 1.91. The van der Waals surface area contributed by atoms with Crippen LogP contribution in [0.3, 0.4) is 0 Å². The first-order chi connectivity index (χ1) is 18.3. The van der Waals surface area contributed by atoms with Gasteiger partial charge in [0.25, 0.3) is 0 Å². The summed E-state index contributed by atoms with van der Waals surface area (Å²) in [7, 11) is 1.48. The number of hydrogen-bond acceptors (Lipinski definition) is 8. The number of carbonyl (C=O) groups excluding carboxylic acids is 2. The Morgan fingerprint density at radius 2 is 2.08 bits per heavy atom. The lowest BCUT2D eigenvalue weighted by atomic mass is 9.87. The lowest BCUT2D eigenvalue weighted by Gasteiger charge is -2.41. The number of aliphatic hydroxyl groups excluding tert-OH is 3. The Hall–Kier alpha value is -1.93. The molecule has 1 aromatic rings. The first-order valence-electron chi connectivity index (χ1n) is 13.2. The molecule has 1 saturated heterocycles. The summed E-state index contributed by atoms with van der Waals surface area (Å²) in [5.41, 5.74) is 1.00. The number of unbranched alkanes of at least 4 members (excludes halogenated alkanes) is 1. The average Bonchev–Trinajstić information content (AvgIpc) is 3.44. The standard InChI is InChI=1S/C27H39IN2O8/c1-3-4-7-24(33)30(15-19-6-5-10-37-19)21-13-18(27(35)29-8-9-31)14-22(25(21)34)38-26-20(28)11-17(16-32)12-23(26)36-2/h11-12,14,19,21-22,25,31-32,34H,3-10,13,15-16H2,1-2H3,(H,29,35)/t19-,21+,22-,25-/m0/s1. The highest BCUT2D eigenvalue weighted by molar-refractivity contribution is 14.1. The fourth-order valence-electron chi connectivity index (χ4n) is 4.80. The van der Waals surface area contributed by atoms with Gasteiger partial charge in [0.2, 0.25) is 11.8 Å². The minimum absolute atomic E-state index is 0.0817. The summed E-state index contributed by atoms with van der Waals surface area (Å²) in [6.45, 7) is 2.68. The van der Waals surface area contributed by atoms with Crippen LogP contribution in [0.25, 0.3) is 0 Å². The maximum Gasteiger partial charge on any atom is 0.247 e. The molecule has 1 heterocycles. The summed E-state index contributed by atoms with van der Waals surface area (Å²) >= 11 is 2.07. The lowest BCUT2D eigenvalue weighted by molar-refractivity contribution is -0.141. The van der Waals surface area contributed by atoms with Gasteiger partial charge in [-0.2, -0.15) is 0 Å². The molecular formula is C27H39IN2O8. The van der Waals surface area contributed by atoms with Crippen molar-refractivity contribution in [2.24, 2.45) is 0 Å². The second kappa shape index (κ2) is 15.0. The molecule has 1 aliphatic heterocycles. The van der Waals surface area contributed by atoms with Gasteiger partial charge >= 0.3 is 0 Å². The Morgan fingerprint density at radius 3 is 2.71 bits per heavy atom. The second-order valence-corrected chi connectivity index (χ2v) is 10.7. The minimum Gasteiger partial charge on any atom is -0.493 e. The molecule has 1 fully saturated rings. The van der Waals surface area contributed by atoms with Gasteiger partial charge in [0, 0.05) is 38.1 Å². The fourth-order valence-corrected chi connectivity index (χ4v) is 5.59. The topological polar surface area (TPSA) is 138 Å². The van der Waals surface area contributed by atoms with Crippen molar-refractivity contribution in [1.29, 1.82) is 0 Å². The van der Waals surface area contributed by atoms with Crippen LogP contribution < -0.4 is 14.8 Å². The molecule has 2 aliphatic rings. The Morgan fingerprint density at radius 1 is 1.29 bits per heavy atom. The quantitative estimate of drug-likeness (QED) is 0.239. The molecule has 0 aromatic heterocycles. The summed E-state index contributed by atoms with van der Waals surface area (Å²) in [5, 5.41) is 33.0. The number of amides is 2. The van der Waals surface area contributed by atoms with Crippen LogP contribution in [-0.4, -0.2) is 89.8 Å². The number of benzene rings is 1. The molecular weight excluding hydrogens is 607 g/mol. The first kappa shape index (κ1) is 30.6. The van der Waals surface area contributed by atoms with Crippen molar-refractivity contribution in [2.75, 3.05) is 33.4 Å². The van der Waals surface area contributed by atoms with Crippen molar-refractivity contribution in [3.63, 3.8) is 0 Å². The van der Waals surface area contributed by atoms with Crippen LogP contribution in [0.5, 0.6) is 11.5 Å². The van der Waals surface area contributed by atoms with Crippen LogP contribution >= 0.6 is 22.6 Å². The van der Waals surface area contributed by atoms with E-state index in [2.05, 4.69) is 27.9 Å². The Bertz CT molecular complexity index is 982. The zero-order valence-corrected chi connectivity index (χ0v) is 24.2.